The number of nitro groups is 1. The Morgan fingerprint density at radius 2 is 2.47 bits per heavy atom. The summed E-state index contributed by atoms with van der Waals surface area (Å²) in [5.41, 5.74) is 0.970. The van der Waals surface area contributed by atoms with Gasteiger partial charge in [0.15, 0.2) is 0 Å². The Hall–Kier alpha value is -0.980. The van der Waals surface area contributed by atoms with Crippen LogP contribution in [0.3, 0.4) is 0 Å². The SMILES string of the molecule is O=[N+]([O-])c1cc(CNCC2CCCCO2)cs1. The quantitative estimate of drug-likeness (QED) is 0.648. The summed E-state index contributed by atoms with van der Waals surface area (Å²) >= 11 is 1.17. The van der Waals surface area contributed by atoms with Crippen molar-refractivity contribution in [2.75, 3.05) is 13.2 Å². The third-order valence-corrected chi connectivity index (χ3v) is 3.72. The maximum atomic E-state index is 10.5. The zero-order chi connectivity index (χ0) is 12.1. The van der Waals surface area contributed by atoms with Crippen molar-refractivity contribution in [2.24, 2.45) is 0 Å². The van der Waals surface area contributed by atoms with Gasteiger partial charge in [0.05, 0.1) is 11.0 Å². The molecule has 1 atom stereocenters. The van der Waals surface area contributed by atoms with E-state index in [4.69, 9.17) is 4.74 Å². The molecule has 17 heavy (non-hydrogen) atoms. The topological polar surface area (TPSA) is 64.4 Å². The van der Waals surface area contributed by atoms with Crippen molar-refractivity contribution < 1.29 is 9.66 Å². The van der Waals surface area contributed by atoms with Gasteiger partial charge >= 0.3 is 5.00 Å². The van der Waals surface area contributed by atoms with E-state index < -0.39 is 0 Å². The van der Waals surface area contributed by atoms with Crippen LogP contribution in [0.5, 0.6) is 0 Å². The average molecular weight is 256 g/mol. The average Bonchev–Trinajstić information content (AvgIpc) is 2.79. The summed E-state index contributed by atoms with van der Waals surface area (Å²) in [6.45, 7) is 2.35. The van der Waals surface area contributed by atoms with Gasteiger partial charge < -0.3 is 10.1 Å². The molecule has 0 bridgehead atoms. The lowest BCUT2D eigenvalue weighted by molar-refractivity contribution is -0.380. The summed E-state index contributed by atoms with van der Waals surface area (Å²) < 4.78 is 5.59. The molecule has 94 valence electrons. The second kappa shape index (κ2) is 6.09. The predicted molar refractivity (Wildman–Crippen MR) is 66.3 cm³/mol. The highest BCUT2D eigenvalue weighted by molar-refractivity contribution is 7.13. The molecule has 1 aromatic heterocycles. The Kier molecular flexibility index (Phi) is 4.47. The number of hydrogen-bond donors (Lipinski definition) is 1. The molecule has 0 aliphatic carbocycles. The van der Waals surface area contributed by atoms with E-state index in [1.807, 2.05) is 5.38 Å². The van der Waals surface area contributed by atoms with Crippen LogP contribution in [0.25, 0.3) is 0 Å². The van der Waals surface area contributed by atoms with Gasteiger partial charge in [-0.25, -0.2) is 0 Å². The van der Waals surface area contributed by atoms with Crippen LogP contribution in [-0.2, 0) is 11.3 Å². The highest BCUT2D eigenvalue weighted by atomic mass is 32.1. The maximum absolute atomic E-state index is 10.5. The molecule has 1 aromatic rings. The molecule has 1 saturated heterocycles. The molecular weight excluding hydrogens is 240 g/mol. The first-order valence-electron chi connectivity index (χ1n) is 5.80. The van der Waals surface area contributed by atoms with E-state index in [9.17, 15) is 10.1 Å². The number of nitrogens with one attached hydrogen (secondary N) is 1. The molecule has 1 aliphatic rings. The Bertz CT molecular complexity index is 375. The fraction of sp³-hybridized carbons (Fsp3) is 0.636. The number of ether oxygens (including phenoxy) is 1. The van der Waals surface area contributed by atoms with Gasteiger partial charge in [0, 0.05) is 31.1 Å². The standard InChI is InChI=1S/C11H16N2O3S/c14-13(15)11-5-9(8-17-11)6-12-7-10-3-1-2-4-16-10/h5,8,10,12H,1-4,6-7H2. The van der Waals surface area contributed by atoms with Crippen LogP contribution in [0, 0.1) is 10.1 Å². The van der Waals surface area contributed by atoms with E-state index in [0.29, 0.717) is 12.6 Å². The lowest BCUT2D eigenvalue weighted by Gasteiger charge is -2.22. The monoisotopic (exact) mass is 256 g/mol. The summed E-state index contributed by atoms with van der Waals surface area (Å²) in [7, 11) is 0. The molecule has 0 amide bonds. The molecular formula is C11H16N2O3S. The van der Waals surface area contributed by atoms with Gasteiger partial charge in [0.25, 0.3) is 0 Å². The van der Waals surface area contributed by atoms with Crippen molar-refractivity contribution in [2.45, 2.75) is 31.9 Å². The molecule has 5 nitrogen and oxygen atoms in total. The summed E-state index contributed by atoms with van der Waals surface area (Å²) in [5, 5.41) is 15.8. The van der Waals surface area contributed by atoms with Crippen LogP contribution >= 0.6 is 11.3 Å². The van der Waals surface area contributed by atoms with Gasteiger partial charge in [-0.3, -0.25) is 10.1 Å². The Labute approximate surface area is 104 Å². The summed E-state index contributed by atoms with van der Waals surface area (Å²) in [4.78, 5) is 10.2. The zero-order valence-electron chi connectivity index (χ0n) is 9.55. The highest BCUT2D eigenvalue weighted by Crippen LogP contribution is 2.22. The highest BCUT2D eigenvalue weighted by Gasteiger charge is 2.14. The van der Waals surface area contributed by atoms with Crippen molar-refractivity contribution >= 4 is 16.3 Å². The molecule has 2 heterocycles. The molecule has 1 unspecified atom stereocenters. The van der Waals surface area contributed by atoms with Crippen LogP contribution in [0.1, 0.15) is 24.8 Å². The Morgan fingerprint density at radius 3 is 3.12 bits per heavy atom. The van der Waals surface area contributed by atoms with Crippen molar-refractivity contribution in [3.8, 4) is 0 Å². The second-order valence-corrected chi connectivity index (χ2v) is 5.06. The minimum absolute atomic E-state index is 0.204. The van der Waals surface area contributed by atoms with E-state index in [2.05, 4.69) is 5.32 Å². The molecule has 0 radical (unpaired) electrons. The van der Waals surface area contributed by atoms with E-state index in [0.717, 1.165) is 31.6 Å². The van der Waals surface area contributed by atoms with Gasteiger partial charge in [-0.1, -0.05) is 11.3 Å². The number of nitrogens with zero attached hydrogens (tertiary/aromatic N) is 1. The van der Waals surface area contributed by atoms with Crippen LogP contribution in [-0.4, -0.2) is 24.2 Å². The smallest absolute Gasteiger partial charge is 0.324 e. The minimum atomic E-state index is -0.349. The molecule has 1 aliphatic heterocycles. The van der Waals surface area contributed by atoms with Crippen molar-refractivity contribution in [1.29, 1.82) is 0 Å². The molecule has 1 fully saturated rings. The third kappa shape index (κ3) is 3.76. The Morgan fingerprint density at radius 1 is 1.59 bits per heavy atom. The number of rotatable bonds is 5. The fourth-order valence-corrected chi connectivity index (χ4v) is 2.63. The van der Waals surface area contributed by atoms with Gasteiger partial charge in [0.2, 0.25) is 0 Å². The first-order chi connectivity index (χ1) is 8.25. The van der Waals surface area contributed by atoms with Crippen LogP contribution in [0.15, 0.2) is 11.4 Å². The summed E-state index contributed by atoms with van der Waals surface area (Å²) in [6, 6.07) is 1.62. The first-order valence-corrected chi connectivity index (χ1v) is 6.68. The number of hydrogen-bond acceptors (Lipinski definition) is 5. The predicted octanol–water partition coefficient (Wildman–Crippen LogP) is 2.32. The van der Waals surface area contributed by atoms with Crippen molar-refractivity contribution in [3.05, 3.63) is 27.1 Å². The van der Waals surface area contributed by atoms with Gasteiger partial charge in [-0.2, -0.15) is 0 Å². The second-order valence-electron chi connectivity index (χ2n) is 4.17. The fourth-order valence-electron chi connectivity index (χ4n) is 1.90. The number of thiophene rings is 1. The van der Waals surface area contributed by atoms with Crippen LogP contribution in [0.2, 0.25) is 0 Å². The lowest BCUT2D eigenvalue weighted by Crippen LogP contribution is -2.31. The minimum Gasteiger partial charge on any atom is -0.377 e. The normalized spacial score (nSPS) is 20.4. The van der Waals surface area contributed by atoms with Gasteiger partial charge in [0.1, 0.15) is 0 Å². The first kappa shape index (κ1) is 12.5. The lowest BCUT2D eigenvalue weighted by atomic mass is 10.1. The van der Waals surface area contributed by atoms with E-state index in [-0.39, 0.29) is 9.92 Å². The zero-order valence-corrected chi connectivity index (χ0v) is 10.4. The third-order valence-electron chi connectivity index (χ3n) is 2.79. The summed E-state index contributed by atoms with van der Waals surface area (Å²) in [5.74, 6) is 0. The molecule has 2 rings (SSSR count). The van der Waals surface area contributed by atoms with Gasteiger partial charge in [-0.15, -0.1) is 0 Å². The van der Waals surface area contributed by atoms with E-state index in [1.54, 1.807) is 6.07 Å². The molecule has 0 spiro atoms. The van der Waals surface area contributed by atoms with Crippen molar-refractivity contribution in [1.82, 2.24) is 5.32 Å². The Balaban J connectivity index is 1.71. The van der Waals surface area contributed by atoms with Crippen LogP contribution < -0.4 is 5.32 Å². The van der Waals surface area contributed by atoms with E-state index in [1.165, 1.54) is 17.8 Å². The maximum Gasteiger partial charge on any atom is 0.324 e. The van der Waals surface area contributed by atoms with E-state index >= 15 is 0 Å². The molecule has 0 aromatic carbocycles. The molecule has 1 N–H and O–H groups in total. The largest absolute Gasteiger partial charge is 0.377 e. The molecule has 0 saturated carbocycles. The van der Waals surface area contributed by atoms with Gasteiger partial charge in [-0.05, 0) is 24.8 Å². The van der Waals surface area contributed by atoms with Crippen LogP contribution in [0.4, 0.5) is 5.00 Å². The summed E-state index contributed by atoms with van der Waals surface area (Å²) in [6.07, 6.45) is 3.80. The molecule has 6 heteroatoms. The van der Waals surface area contributed by atoms with Crippen molar-refractivity contribution in [3.63, 3.8) is 0 Å².